The largest absolute Gasteiger partial charge is 0.368 e. The third kappa shape index (κ3) is 3.97. The van der Waals surface area contributed by atoms with E-state index in [9.17, 15) is 4.79 Å². The van der Waals surface area contributed by atoms with Crippen LogP contribution >= 0.6 is 0 Å². The summed E-state index contributed by atoms with van der Waals surface area (Å²) >= 11 is 0. The van der Waals surface area contributed by atoms with Gasteiger partial charge in [0.25, 0.3) is 0 Å². The van der Waals surface area contributed by atoms with Crippen LogP contribution in [0.2, 0.25) is 0 Å². The van der Waals surface area contributed by atoms with E-state index in [4.69, 9.17) is 5.73 Å². The third-order valence-electron chi connectivity index (χ3n) is 5.54. The zero-order chi connectivity index (χ0) is 14.8. The van der Waals surface area contributed by atoms with Crippen LogP contribution in [0.3, 0.4) is 0 Å². The summed E-state index contributed by atoms with van der Waals surface area (Å²) in [6, 6.07) is 0.423. The average molecular weight is 280 g/mol. The molecule has 3 heteroatoms. The molecule has 0 aliphatic heterocycles. The van der Waals surface area contributed by atoms with E-state index in [1.54, 1.807) is 0 Å². The van der Waals surface area contributed by atoms with Gasteiger partial charge in [-0.2, -0.15) is 0 Å². The summed E-state index contributed by atoms with van der Waals surface area (Å²) in [5.74, 6) is 1.10. The zero-order valence-corrected chi connectivity index (χ0v) is 13.5. The number of carbonyl (C=O) groups excluding carboxylic acids is 1. The van der Waals surface area contributed by atoms with Gasteiger partial charge in [0, 0.05) is 6.04 Å². The number of hydrogen-bond acceptors (Lipinski definition) is 2. The Morgan fingerprint density at radius 1 is 1.05 bits per heavy atom. The van der Waals surface area contributed by atoms with Gasteiger partial charge in [-0.25, -0.2) is 0 Å². The molecule has 0 saturated heterocycles. The van der Waals surface area contributed by atoms with Crippen molar-refractivity contribution in [1.29, 1.82) is 0 Å². The molecule has 0 radical (unpaired) electrons. The highest BCUT2D eigenvalue weighted by atomic mass is 16.1. The third-order valence-corrected chi connectivity index (χ3v) is 5.54. The van der Waals surface area contributed by atoms with Crippen LogP contribution in [0.25, 0.3) is 0 Å². The van der Waals surface area contributed by atoms with Gasteiger partial charge in [-0.1, -0.05) is 33.6 Å². The molecule has 2 aliphatic rings. The van der Waals surface area contributed by atoms with E-state index in [1.807, 2.05) is 0 Å². The number of nitrogens with two attached hydrogens (primary N) is 1. The topological polar surface area (TPSA) is 55.1 Å². The molecule has 3 nitrogen and oxygen atoms in total. The second-order valence-corrected chi connectivity index (χ2v) is 8.01. The SMILES string of the molecule is CC(C)(C)C1CCC(C(NC2CCCC2)C(N)=O)CC1. The number of amides is 1. The fourth-order valence-corrected chi connectivity index (χ4v) is 4.12. The fraction of sp³-hybridized carbons (Fsp3) is 0.941. The monoisotopic (exact) mass is 280 g/mol. The molecule has 2 saturated carbocycles. The Morgan fingerprint density at radius 3 is 2.05 bits per heavy atom. The Kier molecular flexibility index (Phi) is 5.11. The first kappa shape index (κ1) is 15.8. The van der Waals surface area contributed by atoms with Crippen molar-refractivity contribution < 1.29 is 4.79 Å². The summed E-state index contributed by atoms with van der Waals surface area (Å²) in [5.41, 5.74) is 6.06. The van der Waals surface area contributed by atoms with Gasteiger partial charge in [-0.15, -0.1) is 0 Å². The van der Waals surface area contributed by atoms with Crippen LogP contribution in [0.15, 0.2) is 0 Å². The number of carbonyl (C=O) groups is 1. The first-order valence-electron chi connectivity index (χ1n) is 8.43. The molecule has 2 aliphatic carbocycles. The maximum Gasteiger partial charge on any atom is 0.234 e. The van der Waals surface area contributed by atoms with Crippen LogP contribution in [0, 0.1) is 17.3 Å². The highest BCUT2D eigenvalue weighted by Gasteiger charge is 2.35. The lowest BCUT2D eigenvalue weighted by Crippen LogP contribution is -2.51. The summed E-state index contributed by atoms with van der Waals surface area (Å²) in [7, 11) is 0. The van der Waals surface area contributed by atoms with E-state index in [0.717, 1.165) is 18.8 Å². The molecule has 0 bridgehead atoms. The lowest BCUT2D eigenvalue weighted by atomic mass is 9.68. The Bertz CT molecular complexity index is 320. The lowest BCUT2D eigenvalue weighted by Gasteiger charge is -2.39. The minimum absolute atomic E-state index is 0.0981. The molecule has 116 valence electrons. The van der Waals surface area contributed by atoms with Crippen molar-refractivity contribution in [3.8, 4) is 0 Å². The van der Waals surface area contributed by atoms with Gasteiger partial charge < -0.3 is 11.1 Å². The van der Waals surface area contributed by atoms with Crippen molar-refractivity contribution in [3.05, 3.63) is 0 Å². The maximum absolute atomic E-state index is 11.8. The first-order valence-corrected chi connectivity index (χ1v) is 8.43. The molecule has 2 fully saturated rings. The van der Waals surface area contributed by atoms with Crippen LogP contribution in [0.1, 0.15) is 72.1 Å². The number of hydrogen-bond donors (Lipinski definition) is 2. The van der Waals surface area contributed by atoms with E-state index in [-0.39, 0.29) is 11.9 Å². The minimum atomic E-state index is -0.142. The molecule has 0 aromatic heterocycles. The fourth-order valence-electron chi connectivity index (χ4n) is 4.12. The van der Waals surface area contributed by atoms with E-state index in [0.29, 0.717) is 17.4 Å². The molecule has 2 rings (SSSR count). The predicted molar refractivity (Wildman–Crippen MR) is 83.3 cm³/mol. The Morgan fingerprint density at radius 2 is 1.60 bits per heavy atom. The van der Waals surface area contributed by atoms with Crippen molar-refractivity contribution >= 4 is 5.91 Å². The van der Waals surface area contributed by atoms with Gasteiger partial charge in [0.05, 0.1) is 6.04 Å². The van der Waals surface area contributed by atoms with Crippen molar-refractivity contribution in [2.24, 2.45) is 23.0 Å². The van der Waals surface area contributed by atoms with Gasteiger partial charge in [-0.3, -0.25) is 4.79 Å². The molecule has 0 aromatic carbocycles. The molecule has 20 heavy (non-hydrogen) atoms. The van der Waals surface area contributed by atoms with E-state index in [1.165, 1.54) is 38.5 Å². The second-order valence-electron chi connectivity index (χ2n) is 8.01. The minimum Gasteiger partial charge on any atom is -0.368 e. The Hall–Kier alpha value is -0.570. The average Bonchev–Trinajstić information content (AvgIpc) is 2.87. The molecule has 0 aromatic rings. The molecular formula is C17H32N2O. The van der Waals surface area contributed by atoms with Gasteiger partial charge >= 0.3 is 0 Å². The molecule has 1 amide bonds. The standard InChI is InChI=1S/C17H32N2O/c1-17(2,3)13-10-8-12(9-11-13)15(16(18)20)19-14-6-4-5-7-14/h12-15,19H,4-11H2,1-3H3,(H2,18,20). The van der Waals surface area contributed by atoms with Crippen LogP contribution in [-0.2, 0) is 4.79 Å². The summed E-state index contributed by atoms with van der Waals surface area (Å²) < 4.78 is 0. The van der Waals surface area contributed by atoms with Crippen molar-refractivity contribution in [1.82, 2.24) is 5.32 Å². The Balaban J connectivity index is 1.89. The molecule has 0 heterocycles. The van der Waals surface area contributed by atoms with Gasteiger partial charge in [0.2, 0.25) is 5.91 Å². The van der Waals surface area contributed by atoms with Crippen LogP contribution in [0.5, 0.6) is 0 Å². The van der Waals surface area contributed by atoms with Gasteiger partial charge in [-0.05, 0) is 55.8 Å². The van der Waals surface area contributed by atoms with E-state index in [2.05, 4.69) is 26.1 Å². The van der Waals surface area contributed by atoms with Crippen LogP contribution < -0.4 is 11.1 Å². The zero-order valence-electron chi connectivity index (χ0n) is 13.5. The summed E-state index contributed by atoms with van der Waals surface area (Å²) in [4.78, 5) is 11.8. The highest BCUT2D eigenvalue weighted by molar-refractivity contribution is 5.80. The molecule has 1 atom stereocenters. The van der Waals surface area contributed by atoms with Crippen LogP contribution in [0.4, 0.5) is 0 Å². The molecule has 1 unspecified atom stereocenters. The number of nitrogens with one attached hydrogen (secondary N) is 1. The molecule has 3 N–H and O–H groups in total. The smallest absolute Gasteiger partial charge is 0.234 e. The number of primary amides is 1. The summed E-state index contributed by atoms with van der Waals surface area (Å²) in [6.45, 7) is 7.00. The summed E-state index contributed by atoms with van der Waals surface area (Å²) in [6.07, 6.45) is 9.78. The van der Waals surface area contributed by atoms with E-state index >= 15 is 0 Å². The predicted octanol–water partition coefficient (Wildman–Crippen LogP) is 3.23. The molecular weight excluding hydrogens is 248 g/mol. The first-order chi connectivity index (χ1) is 9.38. The highest BCUT2D eigenvalue weighted by Crippen LogP contribution is 2.40. The molecule has 0 spiro atoms. The van der Waals surface area contributed by atoms with Crippen molar-refractivity contribution in [2.75, 3.05) is 0 Å². The second kappa shape index (κ2) is 6.46. The number of rotatable bonds is 4. The van der Waals surface area contributed by atoms with Gasteiger partial charge in [0.1, 0.15) is 0 Å². The van der Waals surface area contributed by atoms with Crippen molar-refractivity contribution in [2.45, 2.75) is 84.2 Å². The maximum atomic E-state index is 11.8. The quantitative estimate of drug-likeness (QED) is 0.830. The van der Waals surface area contributed by atoms with Crippen LogP contribution in [-0.4, -0.2) is 18.0 Å². The van der Waals surface area contributed by atoms with Crippen molar-refractivity contribution in [3.63, 3.8) is 0 Å². The van der Waals surface area contributed by atoms with Gasteiger partial charge in [0.15, 0.2) is 0 Å². The lowest BCUT2D eigenvalue weighted by molar-refractivity contribution is -0.122. The van der Waals surface area contributed by atoms with E-state index < -0.39 is 0 Å². The normalized spacial score (nSPS) is 30.4. The Labute approximate surface area is 124 Å². The summed E-state index contributed by atoms with van der Waals surface area (Å²) in [5, 5.41) is 3.56.